The molecule has 2 rings (SSSR count). The SMILES string of the molecule is Cc1ccc(S(=O)(=O)NCC(=O)NC(Cc2ccccc2)C(=O)O)cc1. The first kappa shape index (κ1) is 19.6. The van der Waals surface area contributed by atoms with E-state index < -0.39 is 34.5 Å². The van der Waals surface area contributed by atoms with Gasteiger partial charge in [0.1, 0.15) is 6.04 Å². The zero-order valence-corrected chi connectivity index (χ0v) is 15.0. The quantitative estimate of drug-likeness (QED) is 0.638. The van der Waals surface area contributed by atoms with Gasteiger partial charge in [-0.2, -0.15) is 0 Å². The summed E-state index contributed by atoms with van der Waals surface area (Å²) in [6.07, 6.45) is 0.104. The second kappa shape index (κ2) is 8.59. The zero-order chi connectivity index (χ0) is 19.2. The van der Waals surface area contributed by atoms with E-state index in [2.05, 4.69) is 10.0 Å². The Balaban J connectivity index is 1.95. The predicted octanol–water partition coefficient (Wildman–Crippen LogP) is 1.09. The number of hydrogen-bond acceptors (Lipinski definition) is 4. The lowest BCUT2D eigenvalue weighted by molar-refractivity contribution is -0.141. The molecule has 138 valence electrons. The minimum Gasteiger partial charge on any atom is -0.480 e. The van der Waals surface area contributed by atoms with E-state index in [9.17, 15) is 23.1 Å². The largest absolute Gasteiger partial charge is 0.480 e. The number of carbonyl (C=O) groups excluding carboxylic acids is 1. The molecule has 0 spiro atoms. The lowest BCUT2D eigenvalue weighted by atomic mass is 10.1. The third kappa shape index (κ3) is 5.68. The monoisotopic (exact) mass is 376 g/mol. The maximum Gasteiger partial charge on any atom is 0.326 e. The van der Waals surface area contributed by atoms with Gasteiger partial charge >= 0.3 is 5.97 Å². The van der Waals surface area contributed by atoms with Crippen molar-refractivity contribution in [3.8, 4) is 0 Å². The molecule has 0 radical (unpaired) electrons. The van der Waals surface area contributed by atoms with E-state index in [1.165, 1.54) is 12.1 Å². The average molecular weight is 376 g/mol. The van der Waals surface area contributed by atoms with Crippen molar-refractivity contribution in [2.75, 3.05) is 6.54 Å². The Bertz CT molecular complexity index is 864. The molecular weight excluding hydrogens is 356 g/mol. The second-order valence-electron chi connectivity index (χ2n) is 5.79. The Labute approximate surface area is 152 Å². The lowest BCUT2D eigenvalue weighted by Gasteiger charge is -2.15. The maximum absolute atomic E-state index is 12.2. The number of amides is 1. The molecule has 0 aliphatic rings. The highest BCUT2D eigenvalue weighted by Crippen LogP contribution is 2.09. The molecule has 0 saturated heterocycles. The van der Waals surface area contributed by atoms with Crippen LogP contribution in [0.15, 0.2) is 59.5 Å². The van der Waals surface area contributed by atoms with Crippen LogP contribution in [0.4, 0.5) is 0 Å². The molecule has 1 amide bonds. The van der Waals surface area contributed by atoms with Crippen LogP contribution in [0.3, 0.4) is 0 Å². The molecule has 0 aliphatic heterocycles. The van der Waals surface area contributed by atoms with E-state index in [1.807, 2.05) is 6.92 Å². The molecule has 0 aliphatic carbocycles. The minimum atomic E-state index is -3.85. The van der Waals surface area contributed by atoms with Crippen molar-refractivity contribution in [3.05, 3.63) is 65.7 Å². The summed E-state index contributed by atoms with van der Waals surface area (Å²) >= 11 is 0. The Morgan fingerprint density at radius 2 is 1.65 bits per heavy atom. The molecule has 1 unspecified atom stereocenters. The molecule has 0 fully saturated rings. The molecule has 7 nitrogen and oxygen atoms in total. The summed E-state index contributed by atoms with van der Waals surface area (Å²) in [4.78, 5) is 23.4. The molecule has 0 bridgehead atoms. The molecule has 2 aromatic rings. The number of carbonyl (C=O) groups is 2. The third-order valence-electron chi connectivity index (χ3n) is 3.67. The first-order valence-corrected chi connectivity index (χ1v) is 9.38. The number of rotatable bonds is 8. The van der Waals surface area contributed by atoms with E-state index in [4.69, 9.17) is 0 Å². The summed E-state index contributed by atoms with van der Waals surface area (Å²) in [5.41, 5.74) is 1.66. The number of benzene rings is 2. The summed E-state index contributed by atoms with van der Waals surface area (Å²) in [6.45, 7) is 1.28. The van der Waals surface area contributed by atoms with E-state index in [0.29, 0.717) is 0 Å². The number of sulfonamides is 1. The van der Waals surface area contributed by atoms with Crippen molar-refractivity contribution in [1.82, 2.24) is 10.0 Å². The summed E-state index contributed by atoms with van der Waals surface area (Å²) in [5, 5.41) is 11.6. The van der Waals surface area contributed by atoms with E-state index in [0.717, 1.165) is 11.1 Å². The molecule has 0 saturated carbocycles. The number of aryl methyl sites for hydroxylation is 1. The Hall–Kier alpha value is -2.71. The fourth-order valence-corrected chi connectivity index (χ4v) is 3.24. The number of hydrogen-bond donors (Lipinski definition) is 3. The van der Waals surface area contributed by atoms with Gasteiger partial charge in [-0.25, -0.2) is 17.9 Å². The fourth-order valence-electron chi connectivity index (χ4n) is 2.26. The van der Waals surface area contributed by atoms with Crippen molar-refractivity contribution in [3.63, 3.8) is 0 Å². The van der Waals surface area contributed by atoms with E-state index >= 15 is 0 Å². The van der Waals surface area contributed by atoms with Crippen LogP contribution in [0.2, 0.25) is 0 Å². The van der Waals surface area contributed by atoms with Crippen molar-refractivity contribution in [1.29, 1.82) is 0 Å². The van der Waals surface area contributed by atoms with Crippen molar-refractivity contribution >= 4 is 21.9 Å². The van der Waals surface area contributed by atoms with E-state index in [-0.39, 0.29) is 11.3 Å². The van der Waals surface area contributed by atoms with Crippen LogP contribution in [0, 0.1) is 6.92 Å². The number of carboxylic acid groups (broad SMARTS) is 1. The van der Waals surface area contributed by atoms with Gasteiger partial charge in [-0.1, -0.05) is 48.0 Å². The van der Waals surface area contributed by atoms with Gasteiger partial charge in [0.2, 0.25) is 15.9 Å². The van der Waals surface area contributed by atoms with Gasteiger partial charge in [0.25, 0.3) is 0 Å². The molecule has 0 heterocycles. The summed E-state index contributed by atoms with van der Waals surface area (Å²) in [7, 11) is -3.85. The molecule has 2 aromatic carbocycles. The Morgan fingerprint density at radius 3 is 2.23 bits per heavy atom. The highest BCUT2D eigenvalue weighted by molar-refractivity contribution is 7.89. The van der Waals surface area contributed by atoms with Gasteiger partial charge in [0.05, 0.1) is 11.4 Å². The number of carboxylic acids is 1. The maximum atomic E-state index is 12.2. The minimum absolute atomic E-state index is 0.0370. The van der Waals surface area contributed by atoms with Crippen LogP contribution in [0.1, 0.15) is 11.1 Å². The van der Waals surface area contributed by atoms with Crippen LogP contribution >= 0.6 is 0 Å². The Kier molecular flexibility index (Phi) is 6.48. The molecule has 1 atom stereocenters. The van der Waals surface area contributed by atoms with Gasteiger partial charge < -0.3 is 10.4 Å². The third-order valence-corrected chi connectivity index (χ3v) is 5.09. The normalized spacial score (nSPS) is 12.3. The van der Waals surface area contributed by atoms with Gasteiger partial charge in [-0.3, -0.25) is 4.79 Å². The van der Waals surface area contributed by atoms with Crippen LogP contribution in [0.5, 0.6) is 0 Å². The number of nitrogens with one attached hydrogen (secondary N) is 2. The van der Waals surface area contributed by atoms with Crippen LogP contribution in [-0.4, -0.2) is 38.0 Å². The van der Waals surface area contributed by atoms with Crippen molar-refractivity contribution in [2.45, 2.75) is 24.3 Å². The number of aliphatic carboxylic acids is 1. The van der Waals surface area contributed by atoms with Crippen LogP contribution in [0.25, 0.3) is 0 Å². The smallest absolute Gasteiger partial charge is 0.326 e. The molecule has 3 N–H and O–H groups in total. The van der Waals surface area contributed by atoms with Gasteiger partial charge in [0.15, 0.2) is 0 Å². The summed E-state index contributed by atoms with van der Waals surface area (Å²) in [5.74, 6) is -1.91. The zero-order valence-electron chi connectivity index (χ0n) is 14.2. The molecule has 26 heavy (non-hydrogen) atoms. The molecular formula is C18H20N2O5S. The lowest BCUT2D eigenvalue weighted by Crippen LogP contribution is -2.46. The van der Waals surface area contributed by atoms with Gasteiger partial charge in [-0.05, 0) is 24.6 Å². The standard InChI is InChI=1S/C18H20N2O5S/c1-13-7-9-15(10-8-13)26(24,25)19-12-17(21)20-16(18(22)23)11-14-5-3-2-4-6-14/h2-10,16,19H,11-12H2,1H3,(H,20,21)(H,22,23). The van der Waals surface area contributed by atoms with Gasteiger partial charge in [-0.15, -0.1) is 0 Å². The second-order valence-corrected chi connectivity index (χ2v) is 7.55. The Morgan fingerprint density at radius 1 is 1.04 bits per heavy atom. The summed E-state index contributed by atoms with van der Waals surface area (Å²) < 4.78 is 26.5. The highest BCUT2D eigenvalue weighted by atomic mass is 32.2. The first-order chi connectivity index (χ1) is 12.3. The summed E-state index contributed by atoms with van der Waals surface area (Å²) in [6, 6.07) is 13.9. The molecule has 8 heteroatoms. The van der Waals surface area contributed by atoms with Crippen LogP contribution in [-0.2, 0) is 26.0 Å². The fraction of sp³-hybridized carbons (Fsp3) is 0.222. The van der Waals surface area contributed by atoms with Crippen molar-refractivity contribution in [2.24, 2.45) is 0 Å². The predicted molar refractivity (Wildman–Crippen MR) is 96.1 cm³/mol. The topological polar surface area (TPSA) is 113 Å². The average Bonchev–Trinajstić information content (AvgIpc) is 2.61. The molecule has 0 aromatic heterocycles. The van der Waals surface area contributed by atoms with Crippen molar-refractivity contribution < 1.29 is 23.1 Å². The highest BCUT2D eigenvalue weighted by Gasteiger charge is 2.22. The first-order valence-electron chi connectivity index (χ1n) is 7.90. The van der Waals surface area contributed by atoms with E-state index in [1.54, 1.807) is 42.5 Å². The van der Waals surface area contributed by atoms with Gasteiger partial charge in [0, 0.05) is 6.42 Å². The van der Waals surface area contributed by atoms with Crippen LogP contribution < -0.4 is 10.0 Å².